The summed E-state index contributed by atoms with van der Waals surface area (Å²) in [4.78, 5) is 34.0. The second-order valence-electron chi connectivity index (χ2n) is 3.32. The zero-order valence-electron chi connectivity index (χ0n) is 9.26. The van der Waals surface area contributed by atoms with Gasteiger partial charge in [-0.1, -0.05) is 0 Å². The lowest BCUT2D eigenvalue weighted by Crippen LogP contribution is -2.29. The van der Waals surface area contributed by atoms with Crippen molar-refractivity contribution in [3.8, 4) is 0 Å². The van der Waals surface area contributed by atoms with Gasteiger partial charge in [0.2, 0.25) is 0 Å². The van der Waals surface area contributed by atoms with Crippen molar-refractivity contribution < 1.29 is 19.1 Å². The van der Waals surface area contributed by atoms with Gasteiger partial charge >= 0.3 is 5.97 Å². The zero-order valence-corrected chi connectivity index (χ0v) is 9.26. The summed E-state index contributed by atoms with van der Waals surface area (Å²) in [6, 6.07) is 1.49. The van der Waals surface area contributed by atoms with E-state index in [9.17, 15) is 14.4 Å². The van der Waals surface area contributed by atoms with Crippen LogP contribution in [0, 0.1) is 5.92 Å². The molecule has 1 aromatic heterocycles. The van der Waals surface area contributed by atoms with E-state index in [0.717, 1.165) is 7.11 Å². The number of carbonyl (C=O) groups is 3. The molecule has 0 radical (unpaired) electrons. The number of methoxy groups -OCH3 is 1. The van der Waals surface area contributed by atoms with E-state index in [1.165, 1.54) is 17.7 Å². The fourth-order valence-corrected chi connectivity index (χ4v) is 1.16. The van der Waals surface area contributed by atoms with Crippen molar-refractivity contribution in [3.63, 3.8) is 0 Å². The van der Waals surface area contributed by atoms with E-state index in [-0.39, 0.29) is 5.69 Å². The summed E-state index contributed by atoms with van der Waals surface area (Å²) in [6.45, 7) is 1.36. The molecule has 0 aliphatic rings. The Morgan fingerprint density at radius 2 is 2.06 bits per heavy atom. The highest BCUT2D eigenvalue weighted by molar-refractivity contribution is 6.39. The van der Waals surface area contributed by atoms with Gasteiger partial charge in [-0.3, -0.25) is 14.3 Å². The van der Waals surface area contributed by atoms with Gasteiger partial charge in [0.15, 0.2) is 5.78 Å². The van der Waals surface area contributed by atoms with Crippen LogP contribution < -0.4 is 0 Å². The molecule has 1 unspecified atom stereocenters. The second kappa shape index (κ2) is 4.69. The summed E-state index contributed by atoms with van der Waals surface area (Å²) < 4.78 is 5.71. The van der Waals surface area contributed by atoms with E-state index in [4.69, 9.17) is 0 Å². The fourth-order valence-electron chi connectivity index (χ4n) is 1.16. The fraction of sp³-hybridized carbons (Fsp3) is 0.400. The third-order valence-electron chi connectivity index (χ3n) is 2.14. The topological polar surface area (TPSA) is 78.3 Å². The van der Waals surface area contributed by atoms with Crippen LogP contribution in [-0.4, -0.2) is 34.4 Å². The maximum Gasteiger partial charge on any atom is 0.375 e. The minimum Gasteiger partial charge on any atom is -0.463 e. The number of ether oxygens (including phenoxy) is 1. The van der Waals surface area contributed by atoms with Gasteiger partial charge < -0.3 is 4.74 Å². The Morgan fingerprint density at radius 3 is 2.50 bits per heavy atom. The first-order valence-electron chi connectivity index (χ1n) is 4.63. The van der Waals surface area contributed by atoms with Crippen LogP contribution in [0.3, 0.4) is 0 Å². The van der Waals surface area contributed by atoms with Crippen LogP contribution >= 0.6 is 0 Å². The molecule has 0 aliphatic heterocycles. The van der Waals surface area contributed by atoms with Gasteiger partial charge in [-0.15, -0.1) is 0 Å². The average Bonchev–Trinajstić information content (AvgIpc) is 2.71. The summed E-state index contributed by atoms with van der Waals surface area (Å²) >= 11 is 0. The average molecular weight is 224 g/mol. The van der Waals surface area contributed by atoms with E-state index in [1.807, 2.05) is 0 Å². The molecule has 16 heavy (non-hydrogen) atoms. The standard InChI is InChI=1S/C10H12N2O4/c1-6(9(14)10(15)16-3)8(13)7-4-5-12(2)11-7/h4-6H,1-3H3. The Morgan fingerprint density at radius 1 is 1.44 bits per heavy atom. The molecule has 0 saturated carbocycles. The molecule has 86 valence electrons. The highest BCUT2D eigenvalue weighted by Gasteiger charge is 2.29. The van der Waals surface area contributed by atoms with Crippen LogP contribution in [0.25, 0.3) is 0 Å². The zero-order chi connectivity index (χ0) is 12.3. The van der Waals surface area contributed by atoms with Crippen LogP contribution in [0.4, 0.5) is 0 Å². The van der Waals surface area contributed by atoms with Crippen LogP contribution in [0.2, 0.25) is 0 Å². The number of ketones is 2. The first-order valence-corrected chi connectivity index (χ1v) is 4.63. The number of rotatable bonds is 4. The SMILES string of the molecule is COC(=O)C(=O)C(C)C(=O)c1ccn(C)n1. The number of aromatic nitrogens is 2. The number of aryl methyl sites for hydroxylation is 1. The molecule has 1 aromatic rings. The molecule has 6 nitrogen and oxygen atoms in total. The number of esters is 1. The number of Topliss-reactive ketones (excluding diaryl/α,β-unsaturated/α-hetero) is 2. The van der Waals surface area contributed by atoms with Crippen LogP contribution in [-0.2, 0) is 21.4 Å². The molecule has 0 N–H and O–H groups in total. The van der Waals surface area contributed by atoms with Gasteiger partial charge in [0.05, 0.1) is 13.0 Å². The highest BCUT2D eigenvalue weighted by Crippen LogP contribution is 2.08. The minimum atomic E-state index is -1.07. The molecule has 0 amide bonds. The van der Waals surface area contributed by atoms with Gasteiger partial charge in [-0.2, -0.15) is 5.10 Å². The molecular formula is C10H12N2O4. The van der Waals surface area contributed by atoms with E-state index < -0.39 is 23.5 Å². The number of hydrogen-bond acceptors (Lipinski definition) is 5. The van der Waals surface area contributed by atoms with Crippen molar-refractivity contribution in [3.05, 3.63) is 18.0 Å². The molecule has 0 aromatic carbocycles. The quantitative estimate of drug-likeness (QED) is 0.311. The largest absolute Gasteiger partial charge is 0.463 e. The first-order chi connectivity index (χ1) is 7.47. The van der Waals surface area contributed by atoms with E-state index in [0.29, 0.717) is 0 Å². The van der Waals surface area contributed by atoms with Crippen molar-refractivity contribution in [1.82, 2.24) is 9.78 Å². The van der Waals surface area contributed by atoms with E-state index >= 15 is 0 Å². The molecule has 1 heterocycles. The monoisotopic (exact) mass is 224 g/mol. The lowest BCUT2D eigenvalue weighted by Gasteiger charge is -2.05. The lowest BCUT2D eigenvalue weighted by atomic mass is 9.99. The summed E-state index contributed by atoms with van der Waals surface area (Å²) in [7, 11) is 2.75. The molecule has 0 aliphatic carbocycles. The van der Waals surface area contributed by atoms with Crippen molar-refractivity contribution in [1.29, 1.82) is 0 Å². The van der Waals surface area contributed by atoms with E-state index in [1.54, 1.807) is 13.2 Å². The minimum absolute atomic E-state index is 0.159. The number of hydrogen-bond donors (Lipinski definition) is 0. The highest BCUT2D eigenvalue weighted by atomic mass is 16.5. The predicted octanol–water partition coefficient (Wildman–Crippen LogP) is -0.0190. The van der Waals surface area contributed by atoms with E-state index in [2.05, 4.69) is 9.84 Å². The molecule has 0 bridgehead atoms. The van der Waals surface area contributed by atoms with Crippen molar-refractivity contribution >= 4 is 17.5 Å². The van der Waals surface area contributed by atoms with Crippen LogP contribution in [0.1, 0.15) is 17.4 Å². The van der Waals surface area contributed by atoms with Crippen molar-refractivity contribution in [2.45, 2.75) is 6.92 Å². The van der Waals surface area contributed by atoms with Gasteiger partial charge in [-0.05, 0) is 13.0 Å². The van der Waals surface area contributed by atoms with Crippen LogP contribution in [0.5, 0.6) is 0 Å². The molecular weight excluding hydrogens is 212 g/mol. The van der Waals surface area contributed by atoms with Crippen molar-refractivity contribution in [2.75, 3.05) is 7.11 Å². The molecule has 0 saturated heterocycles. The van der Waals surface area contributed by atoms with Gasteiger partial charge in [0.25, 0.3) is 5.78 Å². The maximum atomic E-state index is 11.7. The van der Waals surface area contributed by atoms with Gasteiger partial charge in [0.1, 0.15) is 5.69 Å². The Balaban J connectivity index is 2.82. The first kappa shape index (κ1) is 12.1. The molecule has 1 atom stereocenters. The smallest absolute Gasteiger partial charge is 0.375 e. The predicted molar refractivity (Wildman–Crippen MR) is 53.7 cm³/mol. The van der Waals surface area contributed by atoms with Crippen LogP contribution in [0.15, 0.2) is 12.3 Å². The maximum absolute atomic E-state index is 11.7. The summed E-state index contributed by atoms with van der Waals surface area (Å²) in [6.07, 6.45) is 1.59. The summed E-state index contributed by atoms with van der Waals surface area (Å²) in [5, 5.41) is 3.86. The summed E-state index contributed by atoms with van der Waals surface area (Å²) in [5.74, 6) is -3.44. The summed E-state index contributed by atoms with van der Waals surface area (Å²) in [5.41, 5.74) is 0.159. The molecule has 1 rings (SSSR count). The number of carbonyl (C=O) groups excluding carboxylic acids is 3. The molecule has 0 spiro atoms. The van der Waals surface area contributed by atoms with Gasteiger partial charge in [0, 0.05) is 13.2 Å². The Bertz CT molecular complexity index is 436. The van der Waals surface area contributed by atoms with Crippen molar-refractivity contribution in [2.24, 2.45) is 13.0 Å². The number of nitrogens with zero attached hydrogens (tertiary/aromatic N) is 2. The van der Waals surface area contributed by atoms with Gasteiger partial charge in [-0.25, -0.2) is 4.79 Å². The Labute approximate surface area is 92.2 Å². The normalized spacial score (nSPS) is 11.9. The second-order valence-corrected chi connectivity index (χ2v) is 3.32. The molecule has 6 heteroatoms. The molecule has 0 fully saturated rings. The third kappa shape index (κ3) is 2.33. The Hall–Kier alpha value is -1.98. The lowest BCUT2D eigenvalue weighted by molar-refractivity contribution is -0.152. The third-order valence-corrected chi connectivity index (χ3v) is 2.14. The Kier molecular flexibility index (Phi) is 3.55.